The summed E-state index contributed by atoms with van der Waals surface area (Å²) < 4.78 is 31.3. The van der Waals surface area contributed by atoms with E-state index in [1.165, 1.54) is 0 Å². The van der Waals surface area contributed by atoms with Crippen LogP contribution in [0.4, 0.5) is 0 Å². The summed E-state index contributed by atoms with van der Waals surface area (Å²) in [5, 5.41) is 0.573. The molecule has 2 aromatic rings. The molecule has 19 heavy (non-hydrogen) atoms. The molecule has 0 saturated carbocycles. The topological polar surface area (TPSA) is 72.2 Å². The van der Waals surface area contributed by atoms with Gasteiger partial charge >= 0.3 is 0 Å². The van der Waals surface area contributed by atoms with E-state index in [0.717, 1.165) is 0 Å². The molecule has 0 aliphatic rings. The van der Waals surface area contributed by atoms with Gasteiger partial charge in [-0.1, -0.05) is 23.7 Å². The average molecular weight is 301 g/mol. The quantitative estimate of drug-likeness (QED) is 0.919. The Morgan fingerprint density at radius 1 is 1.32 bits per heavy atom. The van der Waals surface area contributed by atoms with Crippen molar-refractivity contribution in [3.8, 4) is 0 Å². The van der Waals surface area contributed by atoms with Crippen molar-refractivity contribution in [2.45, 2.75) is 19.2 Å². The van der Waals surface area contributed by atoms with Crippen LogP contribution < -0.4 is 4.72 Å². The summed E-state index contributed by atoms with van der Waals surface area (Å²) in [7, 11) is -3.43. The zero-order chi connectivity index (χ0) is 13.9. The van der Waals surface area contributed by atoms with E-state index in [9.17, 15) is 8.42 Å². The molecular formula is C12H13ClN2O3S. The number of nitrogens with one attached hydrogen (secondary N) is 1. The lowest BCUT2D eigenvalue weighted by atomic mass is 10.2. The molecule has 0 spiro atoms. The molecule has 0 unspecified atom stereocenters. The van der Waals surface area contributed by atoms with Crippen molar-refractivity contribution >= 4 is 21.6 Å². The number of nitrogens with zero attached hydrogens (tertiary/aromatic N) is 1. The van der Waals surface area contributed by atoms with Crippen LogP contribution in [0, 0.1) is 6.92 Å². The molecule has 7 heteroatoms. The van der Waals surface area contributed by atoms with Crippen molar-refractivity contribution in [2.75, 3.05) is 0 Å². The maximum atomic E-state index is 11.9. The third-order valence-corrected chi connectivity index (χ3v) is 3.93. The number of aromatic nitrogens is 1. The standard InChI is InChI=1S/C12H13ClN2O3S/c1-9-6-14-12(18-9)7-15-19(16,17)8-10-2-4-11(13)5-3-10/h2-6,15H,7-8H2,1H3. The SMILES string of the molecule is Cc1cnc(CNS(=O)(=O)Cc2ccc(Cl)cc2)o1. The van der Waals surface area contributed by atoms with Crippen molar-refractivity contribution in [3.05, 3.63) is 52.7 Å². The van der Waals surface area contributed by atoms with Gasteiger partial charge in [0.15, 0.2) is 0 Å². The van der Waals surface area contributed by atoms with Gasteiger partial charge in [0.05, 0.1) is 18.5 Å². The predicted octanol–water partition coefficient (Wildman–Crippen LogP) is 2.26. The van der Waals surface area contributed by atoms with Gasteiger partial charge in [0.1, 0.15) is 5.76 Å². The highest BCUT2D eigenvalue weighted by Crippen LogP contribution is 2.12. The van der Waals surface area contributed by atoms with Gasteiger partial charge in [0, 0.05) is 5.02 Å². The van der Waals surface area contributed by atoms with Crippen LogP contribution in [0.2, 0.25) is 5.02 Å². The van der Waals surface area contributed by atoms with Crippen LogP contribution in [0.15, 0.2) is 34.9 Å². The number of hydrogen-bond donors (Lipinski definition) is 1. The Balaban J connectivity index is 1.97. The van der Waals surface area contributed by atoms with Crippen LogP contribution in [0.1, 0.15) is 17.2 Å². The third kappa shape index (κ3) is 4.34. The third-order valence-electron chi connectivity index (χ3n) is 2.38. The Bertz CT molecular complexity index is 650. The lowest BCUT2D eigenvalue weighted by molar-refractivity contribution is 0.463. The second-order valence-corrected chi connectivity index (χ2v) is 6.31. The first-order valence-electron chi connectivity index (χ1n) is 5.58. The summed E-state index contributed by atoms with van der Waals surface area (Å²) >= 11 is 5.74. The zero-order valence-corrected chi connectivity index (χ0v) is 11.8. The first-order chi connectivity index (χ1) is 8.94. The highest BCUT2D eigenvalue weighted by molar-refractivity contribution is 7.88. The van der Waals surface area contributed by atoms with Gasteiger partial charge < -0.3 is 4.42 Å². The minimum Gasteiger partial charge on any atom is -0.445 e. The highest BCUT2D eigenvalue weighted by Gasteiger charge is 2.12. The first kappa shape index (κ1) is 14.0. The molecule has 0 aliphatic heterocycles. The minimum absolute atomic E-state index is 0.0454. The fourth-order valence-electron chi connectivity index (χ4n) is 1.51. The van der Waals surface area contributed by atoms with Gasteiger partial charge in [-0.3, -0.25) is 0 Å². The molecule has 1 N–H and O–H groups in total. The van der Waals surface area contributed by atoms with Crippen molar-refractivity contribution in [2.24, 2.45) is 0 Å². The van der Waals surface area contributed by atoms with Gasteiger partial charge in [-0.2, -0.15) is 0 Å². The Morgan fingerprint density at radius 2 is 2.00 bits per heavy atom. The monoisotopic (exact) mass is 300 g/mol. The lowest BCUT2D eigenvalue weighted by Crippen LogP contribution is -2.24. The number of benzene rings is 1. The molecular weight excluding hydrogens is 288 g/mol. The summed E-state index contributed by atoms with van der Waals surface area (Å²) in [6.07, 6.45) is 1.54. The van der Waals surface area contributed by atoms with Crippen molar-refractivity contribution in [3.63, 3.8) is 0 Å². The number of hydrogen-bond acceptors (Lipinski definition) is 4. The molecule has 2 rings (SSSR count). The van der Waals surface area contributed by atoms with E-state index in [1.54, 1.807) is 37.4 Å². The second-order valence-electron chi connectivity index (χ2n) is 4.07. The van der Waals surface area contributed by atoms with E-state index >= 15 is 0 Å². The van der Waals surface area contributed by atoms with Crippen molar-refractivity contribution in [1.29, 1.82) is 0 Å². The number of oxazole rings is 1. The van der Waals surface area contributed by atoms with E-state index in [0.29, 0.717) is 22.2 Å². The van der Waals surface area contributed by atoms with E-state index in [4.69, 9.17) is 16.0 Å². The average Bonchev–Trinajstić information content (AvgIpc) is 2.76. The van der Waals surface area contributed by atoms with E-state index in [-0.39, 0.29) is 12.3 Å². The fraction of sp³-hybridized carbons (Fsp3) is 0.250. The Hall–Kier alpha value is -1.37. The summed E-state index contributed by atoms with van der Waals surface area (Å²) in [6, 6.07) is 6.67. The molecule has 0 saturated heterocycles. The maximum absolute atomic E-state index is 11.9. The molecule has 0 atom stereocenters. The minimum atomic E-state index is -3.43. The van der Waals surface area contributed by atoms with E-state index in [2.05, 4.69) is 9.71 Å². The van der Waals surface area contributed by atoms with Gasteiger partial charge in [-0.25, -0.2) is 18.1 Å². The van der Waals surface area contributed by atoms with E-state index < -0.39 is 10.0 Å². The molecule has 1 heterocycles. The van der Waals surface area contributed by atoms with Crippen LogP contribution in [-0.2, 0) is 22.3 Å². The normalized spacial score (nSPS) is 11.7. The molecule has 0 bridgehead atoms. The predicted molar refractivity (Wildman–Crippen MR) is 72.2 cm³/mol. The number of aryl methyl sites for hydroxylation is 1. The van der Waals surface area contributed by atoms with Crippen molar-refractivity contribution < 1.29 is 12.8 Å². The van der Waals surface area contributed by atoms with Gasteiger partial charge in [-0.05, 0) is 24.6 Å². The van der Waals surface area contributed by atoms with Crippen LogP contribution in [0.25, 0.3) is 0 Å². The van der Waals surface area contributed by atoms with Gasteiger partial charge in [0.25, 0.3) is 0 Å². The molecule has 0 radical (unpaired) electrons. The number of rotatable bonds is 5. The molecule has 102 valence electrons. The van der Waals surface area contributed by atoms with Crippen LogP contribution >= 0.6 is 11.6 Å². The molecule has 1 aromatic heterocycles. The second kappa shape index (κ2) is 5.73. The fourth-order valence-corrected chi connectivity index (χ4v) is 2.71. The summed E-state index contributed by atoms with van der Waals surface area (Å²) in [4.78, 5) is 3.93. The summed E-state index contributed by atoms with van der Waals surface area (Å²) in [5.41, 5.74) is 0.667. The number of halogens is 1. The van der Waals surface area contributed by atoms with Crippen LogP contribution in [0.5, 0.6) is 0 Å². The Morgan fingerprint density at radius 3 is 2.58 bits per heavy atom. The summed E-state index contributed by atoms with van der Waals surface area (Å²) in [5.74, 6) is 0.883. The van der Waals surface area contributed by atoms with Crippen molar-refractivity contribution in [1.82, 2.24) is 9.71 Å². The van der Waals surface area contributed by atoms with Gasteiger partial charge in [-0.15, -0.1) is 0 Å². The smallest absolute Gasteiger partial charge is 0.216 e. The molecule has 0 aliphatic carbocycles. The summed E-state index contributed by atoms with van der Waals surface area (Å²) in [6.45, 7) is 1.79. The van der Waals surface area contributed by atoms with Crippen LogP contribution in [0.3, 0.4) is 0 Å². The highest BCUT2D eigenvalue weighted by atomic mass is 35.5. The van der Waals surface area contributed by atoms with Crippen LogP contribution in [-0.4, -0.2) is 13.4 Å². The Kier molecular flexibility index (Phi) is 4.24. The molecule has 0 amide bonds. The van der Waals surface area contributed by atoms with Gasteiger partial charge in [0.2, 0.25) is 15.9 Å². The largest absolute Gasteiger partial charge is 0.445 e. The number of sulfonamides is 1. The zero-order valence-electron chi connectivity index (χ0n) is 10.3. The maximum Gasteiger partial charge on any atom is 0.216 e. The Labute approximate surface area is 116 Å². The van der Waals surface area contributed by atoms with E-state index in [1.807, 2.05) is 0 Å². The molecule has 1 aromatic carbocycles. The first-order valence-corrected chi connectivity index (χ1v) is 7.61. The lowest BCUT2D eigenvalue weighted by Gasteiger charge is -2.05. The molecule has 5 nitrogen and oxygen atoms in total. The molecule has 0 fully saturated rings.